The molecule has 0 aliphatic carbocycles. The van der Waals surface area contributed by atoms with Gasteiger partial charge in [0.05, 0.1) is 0 Å². The topological polar surface area (TPSA) is 99.8 Å². The van der Waals surface area contributed by atoms with Crippen molar-refractivity contribution >= 4 is 35.1 Å². The Morgan fingerprint density at radius 1 is 1.07 bits per heavy atom. The number of benzene rings is 1. The van der Waals surface area contributed by atoms with Crippen molar-refractivity contribution in [3.05, 3.63) is 46.1 Å². The highest BCUT2D eigenvalue weighted by Gasteiger charge is 2.27. The molecule has 8 heteroatoms. The van der Waals surface area contributed by atoms with Crippen LogP contribution in [0.2, 0.25) is 10.0 Å². The second-order valence-electron chi connectivity index (χ2n) is 6.68. The zero-order valence-electron chi connectivity index (χ0n) is 14.9. The van der Waals surface area contributed by atoms with Gasteiger partial charge in [-0.15, -0.1) is 0 Å². The molecule has 27 heavy (non-hydrogen) atoms. The molecule has 146 valence electrons. The van der Waals surface area contributed by atoms with E-state index in [1.807, 2.05) is 13.8 Å². The smallest absolute Gasteiger partial charge is 0.320 e. The molecule has 0 aliphatic rings. The minimum Gasteiger partial charge on any atom is -0.481 e. The molecule has 3 N–H and O–H groups in total. The van der Waals surface area contributed by atoms with Crippen molar-refractivity contribution in [3.8, 4) is 11.3 Å². The fraction of sp³-hybridized carbons (Fsp3) is 0.368. The zero-order valence-corrected chi connectivity index (χ0v) is 16.4. The van der Waals surface area contributed by atoms with Gasteiger partial charge < -0.3 is 19.9 Å². The largest absolute Gasteiger partial charge is 0.481 e. The summed E-state index contributed by atoms with van der Waals surface area (Å²) in [5, 5.41) is 22.5. The molecule has 0 spiro atoms. The van der Waals surface area contributed by atoms with Gasteiger partial charge in [0.1, 0.15) is 23.5 Å². The van der Waals surface area contributed by atoms with Crippen LogP contribution in [-0.2, 0) is 9.59 Å². The van der Waals surface area contributed by atoms with Crippen molar-refractivity contribution < 1.29 is 24.2 Å². The minimum absolute atomic E-state index is 0.0672. The molecule has 0 bridgehead atoms. The quantitative estimate of drug-likeness (QED) is 0.558. The molecule has 2 aromatic rings. The fourth-order valence-corrected chi connectivity index (χ4v) is 3.23. The monoisotopic (exact) mass is 413 g/mol. The first-order valence-corrected chi connectivity index (χ1v) is 9.18. The Bertz CT molecular complexity index is 798. The second-order valence-corrected chi connectivity index (χ2v) is 7.55. The molecule has 2 unspecified atom stereocenters. The fourth-order valence-electron chi connectivity index (χ4n) is 2.70. The van der Waals surface area contributed by atoms with Crippen molar-refractivity contribution in [3.63, 3.8) is 0 Å². The number of rotatable bonds is 9. The Labute approximate surface area is 167 Å². The normalized spacial score (nSPS) is 13.5. The first kappa shape index (κ1) is 21.3. The van der Waals surface area contributed by atoms with Crippen molar-refractivity contribution in [1.29, 1.82) is 0 Å². The molecule has 0 fully saturated rings. The zero-order chi connectivity index (χ0) is 20.1. The third-order valence-electron chi connectivity index (χ3n) is 3.99. The Balaban J connectivity index is 2.19. The third kappa shape index (κ3) is 5.99. The number of aliphatic carboxylic acids is 2. The van der Waals surface area contributed by atoms with Gasteiger partial charge in [-0.1, -0.05) is 37.0 Å². The van der Waals surface area contributed by atoms with Crippen LogP contribution in [-0.4, -0.2) is 34.7 Å². The van der Waals surface area contributed by atoms with Gasteiger partial charge in [-0.25, -0.2) is 0 Å². The van der Waals surface area contributed by atoms with Gasteiger partial charge in [-0.2, -0.15) is 0 Å². The average molecular weight is 414 g/mol. The Hall–Kier alpha value is -2.02. The summed E-state index contributed by atoms with van der Waals surface area (Å²) in [6, 6.07) is 7.27. The number of nitrogens with one attached hydrogen (secondary N) is 1. The molecule has 6 nitrogen and oxygen atoms in total. The Kier molecular flexibility index (Phi) is 7.30. The molecule has 1 aromatic heterocycles. The number of hydrogen-bond acceptors (Lipinski definition) is 4. The first-order valence-electron chi connectivity index (χ1n) is 8.42. The molecule has 2 atom stereocenters. The summed E-state index contributed by atoms with van der Waals surface area (Å²) in [7, 11) is 0. The summed E-state index contributed by atoms with van der Waals surface area (Å²) in [5.41, 5.74) is 0.624. The molecule has 0 amide bonds. The molecule has 0 saturated heterocycles. The van der Waals surface area contributed by atoms with E-state index in [4.69, 9.17) is 27.6 Å². The van der Waals surface area contributed by atoms with E-state index < -0.39 is 23.9 Å². The number of carboxylic acids is 2. The highest BCUT2D eigenvalue weighted by molar-refractivity contribution is 6.35. The summed E-state index contributed by atoms with van der Waals surface area (Å²) < 4.78 is 5.69. The van der Waals surface area contributed by atoms with Crippen LogP contribution in [0.3, 0.4) is 0 Å². The molecule has 0 aliphatic heterocycles. The molecule has 2 rings (SSSR count). The van der Waals surface area contributed by atoms with Gasteiger partial charge in [-0.05, 0) is 42.7 Å². The lowest BCUT2D eigenvalue weighted by atomic mass is 10.0. The lowest BCUT2D eigenvalue weighted by Crippen LogP contribution is -2.41. The summed E-state index contributed by atoms with van der Waals surface area (Å²) in [5.74, 6) is -2.35. The van der Waals surface area contributed by atoms with Gasteiger partial charge in [0.2, 0.25) is 0 Å². The Morgan fingerprint density at radius 3 is 2.22 bits per heavy atom. The summed E-state index contributed by atoms with van der Waals surface area (Å²) in [6.07, 6.45) is 0.395. The van der Waals surface area contributed by atoms with Crippen LogP contribution < -0.4 is 5.32 Å². The number of furan rings is 1. The summed E-state index contributed by atoms with van der Waals surface area (Å²) in [6.45, 7) is 3.74. The lowest BCUT2D eigenvalue weighted by molar-refractivity contribution is -0.142. The van der Waals surface area contributed by atoms with Gasteiger partial charge >= 0.3 is 11.9 Å². The molecule has 0 saturated carbocycles. The maximum Gasteiger partial charge on any atom is 0.320 e. The van der Waals surface area contributed by atoms with Crippen molar-refractivity contribution in [1.82, 2.24) is 5.32 Å². The van der Waals surface area contributed by atoms with Crippen molar-refractivity contribution in [2.45, 2.75) is 32.2 Å². The van der Waals surface area contributed by atoms with Crippen LogP contribution in [0.25, 0.3) is 11.3 Å². The SMILES string of the molecule is CC(C)CC(NCC(C(=O)O)c1ccc(-c2cc(Cl)cc(Cl)c2)o1)C(=O)O. The van der Waals surface area contributed by atoms with E-state index in [0.717, 1.165) is 0 Å². The standard InChI is InChI=1S/C19H21Cl2NO5/c1-10(2)5-15(19(25)26)22-9-14(18(23)24)17-4-3-16(27-17)11-6-12(20)8-13(21)7-11/h3-4,6-8,10,14-15,22H,5,9H2,1-2H3,(H,23,24)(H,25,26). The van der Waals surface area contributed by atoms with Gasteiger partial charge in [-0.3, -0.25) is 9.59 Å². The van der Waals surface area contributed by atoms with Gasteiger partial charge in [0, 0.05) is 22.2 Å². The van der Waals surface area contributed by atoms with Crippen LogP contribution in [0.1, 0.15) is 31.9 Å². The van der Waals surface area contributed by atoms with Crippen molar-refractivity contribution in [2.75, 3.05) is 6.54 Å². The minimum atomic E-state index is -1.11. The Morgan fingerprint density at radius 2 is 1.70 bits per heavy atom. The van der Waals surface area contributed by atoms with Crippen LogP contribution in [0, 0.1) is 5.92 Å². The summed E-state index contributed by atoms with van der Waals surface area (Å²) in [4.78, 5) is 23.0. The molecule has 1 heterocycles. The van der Waals surface area contributed by atoms with E-state index in [-0.39, 0.29) is 18.2 Å². The van der Waals surface area contributed by atoms with Crippen LogP contribution in [0.15, 0.2) is 34.7 Å². The third-order valence-corrected chi connectivity index (χ3v) is 4.43. The van der Waals surface area contributed by atoms with Crippen molar-refractivity contribution in [2.24, 2.45) is 5.92 Å². The lowest BCUT2D eigenvalue weighted by Gasteiger charge is -2.18. The molecular weight excluding hydrogens is 393 g/mol. The summed E-state index contributed by atoms with van der Waals surface area (Å²) >= 11 is 12.0. The average Bonchev–Trinajstić information content (AvgIpc) is 3.02. The highest BCUT2D eigenvalue weighted by Crippen LogP contribution is 2.30. The predicted molar refractivity (Wildman–Crippen MR) is 103 cm³/mol. The van der Waals surface area contributed by atoms with Crippen LogP contribution in [0.5, 0.6) is 0 Å². The number of carboxylic acid groups (broad SMARTS) is 2. The highest BCUT2D eigenvalue weighted by atomic mass is 35.5. The maximum atomic E-state index is 11.7. The number of carbonyl (C=O) groups is 2. The van der Waals surface area contributed by atoms with E-state index in [9.17, 15) is 19.8 Å². The molecule has 1 aromatic carbocycles. The van der Waals surface area contributed by atoms with E-state index in [0.29, 0.717) is 27.8 Å². The van der Waals surface area contributed by atoms with Gasteiger partial charge in [0.25, 0.3) is 0 Å². The van der Waals surface area contributed by atoms with E-state index in [2.05, 4.69) is 5.32 Å². The number of hydrogen-bond donors (Lipinski definition) is 3. The number of halogens is 2. The predicted octanol–water partition coefficient (Wildman–Crippen LogP) is 4.51. The second kappa shape index (κ2) is 9.26. The molecular formula is C19H21Cl2NO5. The van der Waals surface area contributed by atoms with E-state index >= 15 is 0 Å². The maximum absolute atomic E-state index is 11.7. The molecule has 0 radical (unpaired) electrons. The first-order chi connectivity index (χ1) is 12.7. The van der Waals surface area contributed by atoms with Crippen LogP contribution >= 0.6 is 23.2 Å². The van der Waals surface area contributed by atoms with E-state index in [1.165, 1.54) is 0 Å². The van der Waals surface area contributed by atoms with Gasteiger partial charge in [0.15, 0.2) is 0 Å². The van der Waals surface area contributed by atoms with Crippen LogP contribution in [0.4, 0.5) is 0 Å². The van der Waals surface area contributed by atoms with E-state index in [1.54, 1.807) is 30.3 Å².